The molecule has 0 radical (unpaired) electrons. The Kier molecular flexibility index (Phi) is 8.81. The first kappa shape index (κ1) is 23.1. The van der Waals surface area contributed by atoms with Gasteiger partial charge in [0, 0.05) is 25.4 Å². The summed E-state index contributed by atoms with van der Waals surface area (Å²) in [5, 5.41) is 0. The fraction of sp³-hybridized carbons (Fsp3) is 0.429. The molecular formula is C21H29IN4O3. The van der Waals surface area contributed by atoms with Crippen LogP contribution in [0.2, 0.25) is 0 Å². The van der Waals surface area contributed by atoms with Crippen molar-refractivity contribution in [3.8, 4) is 23.1 Å². The normalized spacial score (nSPS) is 14.9. The van der Waals surface area contributed by atoms with Crippen molar-refractivity contribution in [2.45, 2.75) is 26.3 Å². The van der Waals surface area contributed by atoms with Crippen molar-refractivity contribution in [1.29, 1.82) is 0 Å². The zero-order valence-corrected chi connectivity index (χ0v) is 19.5. The number of ether oxygens (including phenoxy) is 3. The number of piperidine rings is 1. The predicted molar refractivity (Wildman–Crippen MR) is 125 cm³/mol. The molecule has 1 fully saturated rings. The largest absolute Gasteiger partial charge is 0.493 e. The van der Waals surface area contributed by atoms with E-state index in [1.165, 1.54) is 0 Å². The van der Waals surface area contributed by atoms with Crippen molar-refractivity contribution >= 4 is 29.9 Å². The SMILES string of the molecule is COc1cccc(OC)c1Oc1ccc(CN=C(N)N2CCC(C)CC2)cn1.I. The fourth-order valence-electron chi connectivity index (χ4n) is 3.10. The maximum Gasteiger partial charge on any atom is 0.219 e. The van der Waals surface area contributed by atoms with E-state index in [4.69, 9.17) is 19.9 Å². The molecule has 0 saturated carbocycles. The van der Waals surface area contributed by atoms with Crippen molar-refractivity contribution < 1.29 is 14.2 Å². The molecule has 2 heterocycles. The van der Waals surface area contributed by atoms with Crippen LogP contribution in [-0.4, -0.2) is 43.2 Å². The van der Waals surface area contributed by atoms with Crippen LogP contribution >= 0.6 is 24.0 Å². The van der Waals surface area contributed by atoms with E-state index in [1.807, 2.05) is 24.3 Å². The summed E-state index contributed by atoms with van der Waals surface area (Å²) in [5.74, 6) is 3.48. The lowest BCUT2D eigenvalue weighted by atomic mass is 10.00. The highest BCUT2D eigenvalue weighted by molar-refractivity contribution is 14.0. The van der Waals surface area contributed by atoms with E-state index in [1.54, 1.807) is 26.5 Å². The van der Waals surface area contributed by atoms with Crippen molar-refractivity contribution in [2.24, 2.45) is 16.6 Å². The first-order chi connectivity index (χ1) is 13.6. The van der Waals surface area contributed by atoms with Gasteiger partial charge in [-0.3, -0.25) is 0 Å². The molecule has 1 aromatic heterocycles. The van der Waals surface area contributed by atoms with Crippen LogP contribution in [0.15, 0.2) is 41.5 Å². The second-order valence-electron chi connectivity index (χ2n) is 6.94. The molecule has 0 aliphatic carbocycles. The summed E-state index contributed by atoms with van der Waals surface area (Å²) >= 11 is 0. The smallest absolute Gasteiger partial charge is 0.219 e. The minimum absolute atomic E-state index is 0. The van der Waals surface area contributed by atoms with Gasteiger partial charge in [0.2, 0.25) is 11.6 Å². The molecule has 0 amide bonds. The number of nitrogens with two attached hydrogens (primary N) is 1. The number of methoxy groups -OCH3 is 2. The van der Waals surface area contributed by atoms with Crippen LogP contribution in [0.4, 0.5) is 0 Å². The number of aromatic nitrogens is 1. The number of halogens is 1. The lowest BCUT2D eigenvalue weighted by Gasteiger charge is -2.31. The summed E-state index contributed by atoms with van der Waals surface area (Å²) in [6.45, 7) is 4.72. The van der Waals surface area contributed by atoms with E-state index in [2.05, 4.69) is 21.8 Å². The third-order valence-electron chi connectivity index (χ3n) is 4.92. The first-order valence-corrected chi connectivity index (χ1v) is 9.49. The van der Waals surface area contributed by atoms with Crippen LogP contribution in [-0.2, 0) is 6.54 Å². The Bertz CT molecular complexity index is 784. The minimum Gasteiger partial charge on any atom is -0.493 e. The van der Waals surface area contributed by atoms with Crippen molar-refractivity contribution in [3.63, 3.8) is 0 Å². The Morgan fingerprint density at radius 3 is 2.34 bits per heavy atom. The molecule has 8 heteroatoms. The van der Waals surface area contributed by atoms with Gasteiger partial charge in [0.15, 0.2) is 17.5 Å². The number of guanidine groups is 1. The number of nitrogens with zero attached hydrogens (tertiary/aromatic N) is 3. The van der Waals surface area contributed by atoms with Gasteiger partial charge < -0.3 is 24.8 Å². The summed E-state index contributed by atoms with van der Waals surface area (Å²) in [7, 11) is 3.17. The Morgan fingerprint density at radius 2 is 1.79 bits per heavy atom. The van der Waals surface area contributed by atoms with Crippen LogP contribution in [0.5, 0.6) is 23.1 Å². The second-order valence-corrected chi connectivity index (χ2v) is 6.94. The van der Waals surface area contributed by atoms with E-state index in [0.717, 1.165) is 37.4 Å². The zero-order valence-electron chi connectivity index (χ0n) is 17.1. The Morgan fingerprint density at radius 1 is 1.14 bits per heavy atom. The van der Waals surface area contributed by atoms with Crippen LogP contribution < -0.4 is 19.9 Å². The van der Waals surface area contributed by atoms with E-state index in [-0.39, 0.29) is 24.0 Å². The first-order valence-electron chi connectivity index (χ1n) is 9.49. The maximum atomic E-state index is 6.14. The van der Waals surface area contributed by atoms with Gasteiger partial charge >= 0.3 is 0 Å². The van der Waals surface area contributed by atoms with Gasteiger partial charge in [0.25, 0.3) is 0 Å². The van der Waals surface area contributed by atoms with Crippen LogP contribution in [0.3, 0.4) is 0 Å². The van der Waals surface area contributed by atoms with Gasteiger partial charge in [0.05, 0.1) is 20.8 Å². The summed E-state index contributed by atoms with van der Waals surface area (Å²) in [6.07, 6.45) is 4.07. The highest BCUT2D eigenvalue weighted by Gasteiger charge is 2.17. The summed E-state index contributed by atoms with van der Waals surface area (Å²) in [5.41, 5.74) is 7.11. The molecule has 1 aliphatic rings. The van der Waals surface area contributed by atoms with E-state index in [0.29, 0.717) is 35.6 Å². The number of rotatable bonds is 6. The minimum atomic E-state index is 0. The number of likely N-dealkylation sites (tertiary alicyclic amines) is 1. The number of aliphatic imine (C=N–C) groups is 1. The van der Waals surface area contributed by atoms with Gasteiger partial charge in [-0.2, -0.15) is 0 Å². The Hall–Kier alpha value is -2.23. The molecule has 3 rings (SSSR count). The number of pyridine rings is 1. The van der Waals surface area contributed by atoms with E-state index >= 15 is 0 Å². The van der Waals surface area contributed by atoms with Crippen molar-refractivity contribution in [3.05, 3.63) is 42.1 Å². The molecule has 1 aliphatic heterocycles. The summed E-state index contributed by atoms with van der Waals surface area (Å²) in [4.78, 5) is 11.0. The molecule has 1 aromatic carbocycles. The number of benzene rings is 1. The third kappa shape index (κ3) is 6.12. The molecule has 1 saturated heterocycles. The molecule has 0 atom stereocenters. The second kappa shape index (κ2) is 11.1. The van der Waals surface area contributed by atoms with Crippen molar-refractivity contribution in [2.75, 3.05) is 27.3 Å². The fourth-order valence-corrected chi connectivity index (χ4v) is 3.10. The standard InChI is InChI=1S/C21H28N4O3.HI/c1-15-9-11-25(12-10-15)21(22)24-14-16-7-8-19(23-13-16)28-20-17(26-2)5-4-6-18(20)27-3;/h4-8,13,15H,9-12,14H2,1-3H3,(H2,22,24);1H. The third-order valence-corrected chi connectivity index (χ3v) is 4.92. The van der Waals surface area contributed by atoms with Gasteiger partial charge in [-0.1, -0.05) is 19.1 Å². The summed E-state index contributed by atoms with van der Waals surface area (Å²) < 4.78 is 16.6. The molecule has 29 heavy (non-hydrogen) atoms. The lowest BCUT2D eigenvalue weighted by molar-refractivity contribution is 0.277. The average Bonchev–Trinajstić information content (AvgIpc) is 2.73. The summed E-state index contributed by atoms with van der Waals surface area (Å²) in [6, 6.07) is 9.19. The number of hydrogen-bond donors (Lipinski definition) is 1. The Balaban J connectivity index is 0.00000300. The molecule has 158 valence electrons. The van der Waals surface area contributed by atoms with E-state index < -0.39 is 0 Å². The quantitative estimate of drug-likeness (QED) is 0.357. The highest BCUT2D eigenvalue weighted by atomic mass is 127. The molecule has 0 spiro atoms. The Labute approximate surface area is 189 Å². The molecular weight excluding hydrogens is 483 g/mol. The molecule has 2 N–H and O–H groups in total. The lowest BCUT2D eigenvalue weighted by Crippen LogP contribution is -2.42. The van der Waals surface area contributed by atoms with Gasteiger partial charge in [-0.05, 0) is 36.5 Å². The van der Waals surface area contributed by atoms with Gasteiger partial charge in [-0.25, -0.2) is 9.98 Å². The molecule has 2 aromatic rings. The predicted octanol–water partition coefficient (Wildman–Crippen LogP) is 4.06. The topological polar surface area (TPSA) is 82.2 Å². The molecule has 0 bridgehead atoms. The monoisotopic (exact) mass is 512 g/mol. The van der Waals surface area contributed by atoms with Gasteiger partial charge in [-0.15, -0.1) is 24.0 Å². The molecule has 7 nitrogen and oxygen atoms in total. The maximum absolute atomic E-state index is 6.14. The zero-order chi connectivity index (χ0) is 19.9. The van der Waals surface area contributed by atoms with E-state index in [9.17, 15) is 0 Å². The van der Waals surface area contributed by atoms with Crippen LogP contribution in [0, 0.1) is 5.92 Å². The van der Waals surface area contributed by atoms with Gasteiger partial charge in [0.1, 0.15) is 0 Å². The highest BCUT2D eigenvalue weighted by Crippen LogP contribution is 2.39. The number of hydrogen-bond acceptors (Lipinski definition) is 5. The number of para-hydroxylation sites is 1. The average molecular weight is 512 g/mol. The van der Waals surface area contributed by atoms with Crippen LogP contribution in [0.1, 0.15) is 25.3 Å². The van der Waals surface area contributed by atoms with Crippen molar-refractivity contribution in [1.82, 2.24) is 9.88 Å². The van der Waals surface area contributed by atoms with Crippen LogP contribution in [0.25, 0.3) is 0 Å². The molecule has 0 unspecified atom stereocenters.